The van der Waals surface area contributed by atoms with Crippen molar-refractivity contribution in [2.75, 3.05) is 26.8 Å². The van der Waals surface area contributed by atoms with Gasteiger partial charge in [-0.3, -0.25) is 9.88 Å². The van der Waals surface area contributed by atoms with E-state index in [1.165, 1.54) is 18.4 Å². The van der Waals surface area contributed by atoms with Crippen LogP contribution in [0.4, 0.5) is 0 Å². The standard InChI is InChI=1S/C22H24N2O3S/c1-3-24(13-14-27-18-7-5-4-6-8-18)16-17-9-10-19(23-15-17)20-11-12-21(28-20)22(25)26-2/h4-12,15H,3,13-14,16H2,1-2H3. The molecule has 0 N–H and O–H groups in total. The number of benzene rings is 1. The van der Waals surface area contributed by atoms with E-state index in [1.54, 1.807) is 6.07 Å². The molecule has 0 amide bonds. The van der Waals surface area contributed by atoms with Crippen LogP contribution in [0.5, 0.6) is 5.75 Å². The Morgan fingerprint density at radius 3 is 2.61 bits per heavy atom. The lowest BCUT2D eigenvalue weighted by Crippen LogP contribution is -2.27. The van der Waals surface area contributed by atoms with Crippen LogP contribution in [0.1, 0.15) is 22.2 Å². The van der Waals surface area contributed by atoms with Crippen LogP contribution in [-0.4, -0.2) is 42.7 Å². The summed E-state index contributed by atoms with van der Waals surface area (Å²) in [7, 11) is 1.39. The minimum Gasteiger partial charge on any atom is -0.492 e. The second kappa shape index (κ2) is 10.0. The highest BCUT2D eigenvalue weighted by atomic mass is 32.1. The topological polar surface area (TPSA) is 51.7 Å². The molecule has 5 nitrogen and oxygen atoms in total. The Hall–Kier alpha value is -2.70. The quantitative estimate of drug-likeness (QED) is 0.499. The average molecular weight is 397 g/mol. The first kappa shape index (κ1) is 20.0. The van der Waals surface area contributed by atoms with E-state index in [0.717, 1.165) is 41.5 Å². The molecule has 2 heterocycles. The van der Waals surface area contributed by atoms with Crippen LogP contribution in [0.15, 0.2) is 60.8 Å². The Kier molecular flexibility index (Phi) is 7.17. The van der Waals surface area contributed by atoms with Crippen molar-refractivity contribution in [3.63, 3.8) is 0 Å². The number of methoxy groups -OCH3 is 1. The van der Waals surface area contributed by atoms with Gasteiger partial charge in [0.05, 0.1) is 17.7 Å². The van der Waals surface area contributed by atoms with Gasteiger partial charge in [0.2, 0.25) is 0 Å². The van der Waals surface area contributed by atoms with Crippen LogP contribution in [0.3, 0.4) is 0 Å². The number of hydrogen-bond donors (Lipinski definition) is 0. The van der Waals surface area contributed by atoms with Crippen LogP contribution in [0, 0.1) is 0 Å². The summed E-state index contributed by atoms with van der Waals surface area (Å²) in [5, 5.41) is 0. The fourth-order valence-electron chi connectivity index (χ4n) is 2.77. The third-order valence-corrected chi connectivity index (χ3v) is 5.43. The van der Waals surface area contributed by atoms with E-state index in [4.69, 9.17) is 9.47 Å². The van der Waals surface area contributed by atoms with Crippen molar-refractivity contribution in [3.8, 4) is 16.3 Å². The molecule has 0 unspecified atom stereocenters. The van der Waals surface area contributed by atoms with Crippen LogP contribution in [0.25, 0.3) is 10.6 Å². The Labute approximate surface area is 169 Å². The average Bonchev–Trinajstić information content (AvgIpc) is 3.24. The number of nitrogens with zero attached hydrogens (tertiary/aromatic N) is 2. The summed E-state index contributed by atoms with van der Waals surface area (Å²) < 4.78 is 10.5. The normalized spacial score (nSPS) is 10.8. The number of hydrogen-bond acceptors (Lipinski definition) is 6. The molecule has 0 atom stereocenters. The number of carbonyl (C=O) groups is 1. The number of ether oxygens (including phenoxy) is 2. The highest BCUT2D eigenvalue weighted by Gasteiger charge is 2.11. The number of thiophene rings is 1. The van der Waals surface area contributed by atoms with E-state index >= 15 is 0 Å². The minimum absolute atomic E-state index is 0.316. The maximum atomic E-state index is 11.6. The second-order valence-electron chi connectivity index (χ2n) is 6.24. The first-order chi connectivity index (χ1) is 13.7. The zero-order chi connectivity index (χ0) is 19.8. The maximum absolute atomic E-state index is 11.6. The first-order valence-corrected chi connectivity index (χ1v) is 10.0. The van der Waals surface area contributed by atoms with Gasteiger partial charge >= 0.3 is 5.97 Å². The molecular weight excluding hydrogens is 372 g/mol. The summed E-state index contributed by atoms with van der Waals surface area (Å²) in [5.41, 5.74) is 2.01. The third-order valence-electron chi connectivity index (χ3n) is 4.34. The molecule has 0 saturated carbocycles. The molecule has 0 fully saturated rings. The molecule has 0 bridgehead atoms. The van der Waals surface area contributed by atoms with Gasteiger partial charge in [-0.2, -0.15) is 0 Å². The van der Waals surface area contributed by atoms with E-state index in [9.17, 15) is 4.79 Å². The second-order valence-corrected chi connectivity index (χ2v) is 7.32. The van der Waals surface area contributed by atoms with Crippen molar-refractivity contribution in [2.45, 2.75) is 13.5 Å². The SMILES string of the molecule is CCN(CCOc1ccccc1)Cc1ccc(-c2ccc(C(=O)OC)s2)nc1. The van der Waals surface area contributed by atoms with Gasteiger partial charge in [-0.05, 0) is 42.4 Å². The minimum atomic E-state index is -0.316. The summed E-state index contributed by atoms with van der Waals surface area (Å²) in [4.78, 5) is 20.0. The lowest BCUT2D eigenvalue weighted by atomic mass is 10.2. The van der Waals surface area contributed by atoms with Gasteiger partial charge in [-0.15, -0.1) is 11.3 Å². The summed E-state index contributed by atoms with van der Waals surface area (Å²) in [6.07, 6.45) is 1.90. The van der Waals surface area contributed by atoms with Gasteiger partial charge in [0.1, 0.15) is 17.2 Å². The molecule has 0 aliphatic rings. The molecule has 1 aromatic carbocycles. The number of rotatable bonds is 9. The van der Waals surface area contributed by atoms with E-state index in [-0.39, 0.29) is 5.97 Å². The van der Waals surface area contributed by atoms with Crippen molar-refractivity contribution in [2.24, 2.45) is 0 Å². The highest BCUT2D eigenvalue weighted by Crippen LogP contribution is 2.27. The lowest BCUT2D eigenvalue weighted by Gasteiger charge is -2.20. The molecule has 0 aliphatic carbocycles. The molecule has 0 radical (unpaired) electrons. The lowest BCUT2D eigenvalue weighted by molar-refractivity contribution is 0.0606. The van der Waals surface area contributed by atoms with E-state index < -0.39 is 0 Å². The van der Waals surface area contributed by atoms with Gasteiger partial charge in [-0.25, -0.2) is 4.79 Å². The monoisotopic (exact) mass is 396 g/mol. The molecule has 2 aromatic heterocycles. The molecule has 6 heteroatoms. The zero-order valence-electron chi connectivity index (χ0n) is 16.1. The number of esters is 1. The number of carbonyl (C=O) groups excluding carboxylic acids is 1. The Morgan fingerprint density at radius 2 is 1.93 bits per heavy atom. The summed E-state index contributed by atoms with van der Waals surface area (Å²) >= 11 is 1.39. The van der Waals surface area contributed by atoms with Gasteiger partial charge in [0, 0.05) is 19.3 Å². The fraction of sp³-hybridized carbons (Fsp3) is 0.273. The molecule has 146 valence electrons. The van der Waals surface area contributed by atoms with Gasteiger partial charge in [0.25, 0.3) is 0 Å². The molecule has 28 heavy (non-hydrogen) atoms. The Bertz CT molecular complexity index is 878. The zero-order valence-corrected chi connectivity index (χ0v) is 16.9. The molecule has 0 saturated heterocycles. The predicted molar refractivity (Wildman–Crippen MR) is 112 cm³/mol. The van der Waals surface area contributed by atoms with Crippen molar-refractivity contribution in [1.82, 2.24) is 9.88 Å². The van der Waals surface area contributed by atoms with Gasteiger partial charge in [-0.1, -0.05) is 31.2 Å². The molecule has 0 spiro atoms. The molecule has 0 aliphatic heterocycles. The molecular formula is C22H24N2O3S. The Morgan fingerprint density at radius 1 is 1.11 bits per heavy atom. The van der Waals surface area contributed by atoms with Crippen LogP contribution < -0.4 is 4.74 Å². The maximum Gasteiger partial charge on any atom is 0.348 e. The summed E-state index contributed by atoms with van der Waals surface area (Å²) in [6.45, 7) is 5.40. The van der Waals surface area contributed by atoms with Crippen LogP contribution in [-0.2, 0) is 11.3 Å². The summed E-state index contributed by atoms with van der Waals surface area (Å²) in [5.74, 6) is 0.580. The molecule has 3 aromatic rings. The third kappa shape index (κ3) is 5.41. The van der Waals surface area contributed by atoms with Crippen LogP contribution >= 0.6 is 11.3 Å². The van der Waals surface area contributed by atoms with Crippen molar-refractivity contribution in [3.05, 3.63) is 71.2 Å². The number of para-hydroxylation sites is 1. The van der Waals surface area contributed by atoms with E-state index in [0.29, 0.717) is 11.5 Å². The van der Waals surface area contributed by atoms with E-state index in [2.05, 4.69) is 22.9 Å². The number of aromatic nitrogens is 1. The number of likely N-dealkylation sites (N-methyl/N-ethyl adjacent to an activating group) is 1. The summed E-state index contributed by atoms with van der Waals surface area (Å²) in [6, 6.07) is 17.6. The van der Waals surface area contributed by atoms with Crippen LogP contribution in [0.2, 0.25) is 0 Å². The smallest absolute Gasteiger partial charge is 0.348 e. The number of pyridine rings is 1. The predicted octanol–water partition coefficient (Wildman–Crippen LogP) is 4.50. The van der Waals surface area contributed by atoms with Gasteiger partial charge < -0.3 is 9.47 Å². The van der Waals surface area contributed by atoms with Crippen molar-refractivity contribution >= 4 is 17.3 Å². The van der Waals surface area contributed by atoms with Crippen molar-refractivity contribution < 1.29 is 14.3 Å². The van der Waals surface area contributed by atoms with Crippen molar-refractivity contribution in [1.29, 1.82) is 0 Å². The molecule has 3 rings (SSSR count). The first-order valence-electron chi connectivity index (χ1n) is 9.23. The Balaban J connectivity index is 1.55. The largest absolute Gasteiger partial charge is 0.492 e. The highest BCUT2D eigenvalue weighted by molar-refractivity contribution is 7.17. The van der Waals surface area contributed by atoms with E-state index in [1.807, 2.05) is 48.7 Å². The fourth-order valence-corrected chi connectivity index (χ4v) is 3.67. The van der Waals surface area contributed by atoms with Gasteiger partial charge in [0.15, 0.2) is 0 Å².